The molecular weight excluding hydrogens is 613 g/mol. The van der Waals surface area contributed by atoms with Crippen molar-refractivity contribution < 1.29 is 32.6 Å². The van der Waals surface area contributed by atoms with Gasteiger partial charge in [0.2, 0.25) is 11.6 Å². The van der Waals surface area contributed by atoms with E-state index in [1.54, 1.807) is 13.4 Å². The summed E-state index contributed by atoms with van der Waals surface area (Å²) in [5, 5.41) is 0.0287. The minimum atomic E-state index is -2.16. The summed E-state index contributed by atoms with van der Waals surface area (Å²) >= 11 is 0. The van der Waals surface area contributed by atoms with Crippen molar-refractivity contribution in [3.63, 3.8) is 0 Å². The van der Waals surface area contributed by atoms with E-state index in [1.165, 1.54) is 5.56 Å². The Morgan fingerprint density at radius 3 is 2.22 bits per heavy atom. The van der Waals surface area contributed by atoms with Crippen LogP contribution in [0.3, 0.4) is 0 Å². The third kappa shape index (κ3) is 9.42. The Morgan fingerprint density at radius 2 is 1.63 bits per heavy atom. The summed E-state index contributed by atoms with van der Waals surface area (Å²) < 4.78 is 38.9. The normalized spacial score (nSPS) is 29.0. The number of rotatable bonds is 17. The van der Waals surface area contributed by atoms with Crippen LogP contribution in [0.2, 0.25) is 36.3 Å². The molecule has 0 unspecified atom stereocenters. The topological polar surface area (TPSA) is 72.5 Å². The van der Waals surface area contributed by atoms with Gasteiger partial charge < -0.3 is 27.8 Å². The van der Waals surface area contributed by atoms with Gasteiger partial charge in [0.1, 0.15) is 0 Å². The number of benzene rings is 1. The number of hydrogen-bond acceptors (Lipinski definition) is 7. The van der Waals surface area contributed by atoms with E-state index in [0.29, 0.717) is 19.6 Å². The van der Waals surface area contributed by atoms with Crippen LogP contribution in [0, 0.1) is 11.8 Å². The molecule has 0 aromatic heterocycles. The van der Waals surface area contributed by atoms with Gasteiger partial charge in [0, 0.05) is 32.0 Å². The summed E-state index contributed by atoms with van der Waals surface area (Å²) in [7, 11) is -2.47. The van der Waals surface area contributed by atoms with E-state index >= 15 is 0 Å². The average molecular weight is 677 g/mol. The molecule has 0 N–H and O–H groups in total. The van der Waals surface area contributed by atoms with Gasteiger partial charge in [-0.3, -0.25) is 4.79 Å². The highest BCUT2D eigenvalue weighted by Gasteiger charge is 2.56. The zero-order valence-electron chi connectivity index (χ0n) is 30.7. The van der Waals surface area contributed by atoms with Crippen molar-refractivity contribution in [1.29, 1.82) is 0 Å². The van der Waals surface area contributed by atoms with Crippen LogP contribution in [-0.4, -0.2) is 66.3 Å². The van der Waals surface area contributed by atoms with E-state index in [9.17, 15) is 4.79 Å². The Morgan fingerprint density at radius 1 is 0.978 bits per heavy atom. The SMILES string of the molecule is CC[Si](CC)(CC)O[C@H]1C=CO[C@@H](C(=O)[C@@]2(OC)C[C@H](O[Si](C)(C)C(C)(C)C)[C@@H](C)[C@@H](CCCCOCc3ccccc3)O2)[C@@H]1C. The van der Waals surface area contributed by atoms with Crippen LogP contribution in [0.5, 0.6) is 0 Å². The van der Waals surface area contributed by atoms with Crippen molar-refractivity contribution in [2.45, 2.75) is 154 Å². The molecule has 7 nitrogen and oxygen atoms in total. The number of Topliss-reactive ketones (excluding diaryl/α,β-unsaturated/α-hetero) is 1. The molecule has 1 aromatic carbocycles. The average Bonchev–Trinajstić information content (AvgIpc) is 3.03. The van der Waals surface area contributed by atoms with Crippen molar-refractivity contribution in [3.05, 3.63) is 48.2 Å². The highest BCUT2D eigenvalue weighted by molar-refractivity contribution is 6.74. The van der Waals surface area contributed by atoms with Crippen molar-refractivity contribution in [1.82, 2.24) is 0 Å². The quantitative estimate of drug-likeness (QED) is 0.120. The molecule has 1 saturated heterocycles. The first kappa shape index (κ1) is 39.1. The number of ketones is 1. The Bertz CT molecular complexity index is 1090. The standard InChI is InChI=1S/C37H64O7Si2/c1-12-46(13-2,14-3)44-32-23-25-41-34(29(32)5)35(38)37(39-9)26-33(43-45(10,11)36(6,7)8)28(4)31(42-37)22-18-19-24-40-27-30-20-16-15-17-21-30/h15-17,20-21,23,25,28-29,31-34H,12-14,18-19,22,24,26-27H2,1-11H3/t28-,29+,31+,32-,33-,34+,37+/m0/s1. The van der Waals surface area contributed by atoms with Crippen LogP contribution >= 0.6 is 0 Å². The number of carbonyl (C=O) groups is 1. The van der Waals surface area contributed by atoms with Gasteiger partial charge in [-0.25, -0.2) is 0 Å². The van der Waals surface area contributed by atoms with Gasteiger partial charge in [0.15, 0.2) is 22.7 Å². The largest absolute Gasteiger partial charge is 0.490 e. The van der Waals surface area contributed by atoms with E-state index in [1.807, 2.05) is 24.3 Å². The second-order valence-electron chi connectivity index (χ2n) is 15.1. The monoisotopic (exact) mass is 676 g/mol. The molecule has 0 aliphatic carbocycles. The van der Waals surface area contributed by atoms with E-state index in [4.69, 9.17) is 27.8 Å². The van der Waals surface area contributed by atoms with E-state index < -0.39 is 28.5 Å². The molecule has 0 bridgehead atoms. The summed E-state index contributed by atoms with van der Waals surface area (Å²) in [5.41, 5.74) is 1.18. The minimum Gasteiger partial charge on any atom is -0.490 e. The van der Waals surface area contributed by atoms with Crippen LogP contribution in [0.15, 0.2) is 42.7 Å². The number of hydrogen-bond donors (Lipinski definition) is 0. The maximum atomic E-state index is 14.6. The minimum absolute atomic E-state index is 0.0287. The fourth-order valence-corrected chi connectivity index (χ4v) is 10.7. The molecule has 0 amide bonds. The number of methoxy groups -OCH3 is 1. The summed E-state index contributed by atoms with van der Waals surface area (Å²) in [5.74, 6) is -1.72. The number of carbonyl (C=O) groups excluding carboxylic acids is 1. The predicted octanol–water partition coefficient (Wildman–Crippen LogP) is 9.04. The van der Waals surface area contributed by atoms with Gasteiger partial charge in [-0.2, -0.15) is 0 Å². The molecular formula is C37H64O7Si2. The molecule has 2 heterocycles. The lowest BCUT2D eigenvalue weighted by Crippen LogP contribution is -2.62. The van der Waals surface area contributed by atoms with Gasteiger partial charge in [-0.05, 0) is 67.2 Å². The fourth-order valence-electron chi connectivity index (χ4n) is 6.45. The molecule has 262 valence electrons. The third-order valence-corrected chi connectivity index (χ3v) is 20.3. The molecule has 9 heteroatoms. The Kier molecular flexibility index (Phi) is 14.3. The zero-order valence-corrected chi connectivity index (χ0v) is 32.7. The van der Waals surface area contributed by atoms with Gasteiger partial charge >= 0.3 is 0 Å². The Labute approximate surface area is 282 Å². The lowest BCUT2D eigenvalue weighted by molar-refractivity contribution is -0.286. The summed E-state index contributed by atoms with van der Waals surface area (Å²) in [4.78, 5) is 14.6. The lowest BCUT2D eigenvalue weighted by Gasteiger charge is -2.50. The van der Waals surface area contributed by atoms with Gasteiger partial charge in [-0.15, -0.1) is 0 Å². The molecule has 7 atom stereocenters. The first-order valence-electron chi connectivity index (χ1n) is 17.7. The van der Waals surface area contributed by atoms with E-state index in [2.05, 4.69) is 80.6 Å². The summed E-state index contributed by atoms with van der Waals surface area (Å²) in [6.07, 6.45) is 5.27. The van der Waals surface area contributed by atoms with Crippen molar-refractivity contribution in [2.24, 2.45) is 11.8 Å². The molecule has 1 aromatic rings. The lowest BCUT2D eigenvalue weighted by atomic mass is 9.81. The highest BCUT2D eigenvalue weighted by atomic mass is 28.4. The third-order valence-electron chi connectivity index (χ3n) is 11.1. The molecule has 0 radical (unpaired) electrons. The summed E-state index contributed by atoms with van der Waals surface area (Å²) in [6.45, 7) is 23.5. The maximum Gasteiger partial charge on any atom is 0.235 e. The second-order valence-corrected chi connectivity index (χ2v) is 24.5. The fraction of sp³-hybridized carbons (Fsp3) is 0.757. The van der Waals surface area contributed by atoms with Gasteiger partial charge in [0.25, 0.3) is 0 Å². The van der Waals surface area contributed by atoms with Crippen LogP contribution in [-0.2, 0) is 39.2 Å². The van der Waals surface area contributed by atoms with Crippen LogP contribution in [0.25, 0.3) is 0 Å². The molecule has 46 heavy (non-hydrogen) atoms. The molecule has 2 aliphatic heterocycles. The maximum absolute atomic E-state index is 14.6. The van der Waals surface area contributed by atoms with Crippen molar-refractivity contribution in [2.75, 3.05) is 13.7 Å². The first-order valence-corrected chi connectivity index (χ1v) is 23.2. The number of ether oxygens (including phenoxy) is 4. The molecule has 1 fully saturated rings. The zero-order chi connectivity index (χ0) is 34.2. The smallest absolute Gasteiger partial charge is 0.235 e. The van der Waals surface area contributed by atoms with E-state index in [-0.39, 0.29) is 41.0 Å². The van der Waals surface area contributed by atoms with Gasteiger partial charge in [0.05, 0.1) is 31.2 Å². The second kappa shape index (κ2) is 16.9. The van der Waals surface area contributed by atoms with Gasteiger partial charge in [-0.1, -0.05) is 85.7 Å². The first-order chi connectivity index (χ1) is 21.7. The van der Waals surface area contributed by atoms with Crippen LogP contribution < -0.4 is 0 Å². The number of unbranched alkanes of at least 4 members (excludes halogenated alkanes) is 1. The van der Waals surface area contributed by atoms with Crippen LogP contribution in [0.1, 0.15) is 86.6 Å². The molecule has 2 aliphatic rings. The van der Waals surface area contributed by atoms with E-state index in [0.717, 1.165) is 37.4 Å². The molecule has 0 spiro atoms. The molecule has 3 rings (SSSR count). The molecule has 0 saturated carbocycles. The Balaban J connectivity index is 1.79. The summed E-state index contributed by atoms with van der Waals surface area (Å²) in [6, 6.07) is 13.4. The Hall–Kier alpha value is -1.34. The predicted molar refractivity (Wildman–Crippen MR) is 191 cm³/mol. The highest BCUT2D eigenvalue weighted by Crippen LogP contribution is 2.45. The van der Waals surface area contributed by atoms with Crippen molar-refractivity contribution >= 4 is 22.4 Å². The van der Waals surface area contributed by atoms with Crippen LogP contribution in [0.4, 0.5) is 0 Å². The van der Waals surface area contributed by atoms with Crippen molar-refractivity contribution in [3.8, 4) is 0 Å².